The summed E-state index contributed by atoms with van der Waals surface area (Å²) in [5.74, 6) is -0.478. The molecule has 1 atom stereocenters. The fourth-order valence-electron chi connectivity index (χ4n) is 3.10. The summed E-state index contributed by atoms with van der Waals surface area (Å²) in [4.78, 5) is 11.7. The molecule has 0 aliphatic heterocycles. The molecule has 25 heavy (non-hydrogen) atoms. The molecule has 1 unspecified atom stereocenters. The standard InChI is InChI=1S/C19H19ClN2O2S/c1-24-18(23)15-11-13(9-10-16(15)20)21-19(25)22-17-8-4-6-12-5-2-3-7-14(12)17/h2-3,5,7,9-11,17H,4,6,8H2,1H3,(H2,21,22,25). The molecule has 1 aliphatic rings. The highest BCUT2D eigenvalue weighted by atomic mass is 35.5. The Morgan fingerprint density at radius 3 is 2.88 bits per heavy atom. The Labute approximate surface area is 157 Å². The molecule has 3 rings (SSSR count). The summed E-state index contributed by atoms with van der Waals surface area (Å²) in [5, 5.41) is 7.35. The molecular formula is C19H19ClN2O2S. The van der Waals surface area contributed by atoms with Gasteiger partial charge in [-0.1, -0.05) is 35.9 Å². The number of carbonyl (C=O) groups is 1. The van der Waals surface area contributed by atoms with E-state index in [0.717, 1.165) is 19.3 Å². The number of benzene rings is 2. The summed E-state index contributed by atoms with van der Waals surface area (Å²) >= 11 is 11.5. The fourth-order valence-corrected chi connectivity index (χ4v) is 3.55. The van der Waals surface area contributed by atoms with E-state index < -0.39 is 5.97 Å². The zero-order chi connectivity index (χ0) is 17.8. The van der Waals surface area contributed by atoms with Crippen LogP contribution in [0.3, 0.4) is 0 Å². The van der Waals surface area contributed by atoms with Crippen molar-refractivity contribution >= 4 is 40.6 Å². The SMILES string of the molecule is COC(=O)c1cc(NC(=S)NC2CCCc3ccccc32)ccc1Cl. The van der Waals surface area contributed by atoms with Gasteiger partial charge in [0.1, 0.15) is 0 Å². The van der Waals surface area contributed by atoms with E-state index in [4.69, 9.17) is 28.6 Å². The summed E-state index contributed by atoms with van der Waals surface area (Å²) in [6, 6.07) is 13.7. The Bertz CT molecular complexity index is 810. The van der Waals surface area contributed by atoms with Gasteiger partial charge in [-0.2, -0.15) is 0 Å². The maximum atomic E-state index is 11.7. The zero-order valence-electron chi connectivity index (χ0n) is 13.8. The van der Waals surface area contributed by atoms with Crippen molar-refractivity contribution < 1.29 is 9.53 Å². The highest BCUT2D eigenvalue weighted by Gasteiger charge is 2.20. The molecule has 0 fully saturated rings. The second-order valence-corrected chi connectivity index (χ2v) is 6.74. The van der Waals surface area contributed by atoms with Crippen LogP contribution in [0.15, 0.2) is 42.5 Å². The third kappa shape index (κ3) is 4.11. The van der Waals surface area contributed by atoms with E-state index in [1.54, 1.807) is 18.2 Å². The van der Waals surface area contributed by atoms with Gasteiger partial charge in [0.15, 0.2) is 5.11 Å². The molecule has 6 heteroatoms. The minimum absolute atomic E-state index is 0.192. The number of methoxy groups -OCH3 is 1. The van der Waals surface area contributed by atoms with Crippen LogP contribution in [-0.4, -0.2) is 18.2 Å². The van der Waals surface area contributed by atoms with Crippen molar-refractivity contribution in [3.8, 4) is 0 Å². The first-order valence-corrected chi connectivity index (χ1v) is 8.90. The van der Waals surface area contributed by atoms with Crippen molar-refractivity contribution in [2.75, 3.05) is 12.4 Å². The molecule has 1 aliphatic carbocycles. The topological polar surface area (TPSA) is 50.4 Å². The Hall–Kier alpha value is -2.11. The molecule has 2 aromatic rings. The molecule has 4 nitrogen and oxygen atoms in total. The van der Waals surface area contributed by atoms with Gasteiger partial charge in [-0.3, -0.25) is 0 Å². The summed E-state index contributed by atoms with van der Waals surface area (Å²) in [6.45, 7) is 0. The predicted molar refractivity (Wildman–Crippen MR) is 104 cm³/mol. The van der Waals surface area contributed by atoms with Crippen LogP contribution >= 0.6 is 23.8 Å². The first-order chi connectivity index (χ1) is 12.1. The van der Waals surface area contributed by atoms with Gasteiger partial charge >= 0.3 is 5.97 Å². The number of rotatable bonds is 3. The lowest BCUT2D eigenvalue weighted by atomic mass is 9.88. The number of nitrogens with one attached hydrogen (secondary N) is 2. The lowest BCUT2D eigenvalue weighted by molar-refractivity contribution is 0.0601. The summed E-state index contributed by atoms with van der Waals surface area (Å²) in [7, 11) is 1.32. The van der Waals surface area contributed by atoms with Gasteiger partial charge in [0, 0.05) is 5.69 Å². The number of anilines is 1. The van der Waals surface area contributed by atoms with E-state index in [1.807, 2.05) is 0 Å². The smallest absolute Gasteiger partial charge is 0.339 e. The highest BCUT2D eigenvalue weighted by Crippen LogP contribution is 2.29. The summed E-state index contributed by atoms with van der Waals surface area (Å²) in [6.07, 6.45) is 3.27. The number of aryl methyl sites for hydroxylation is 1. The lowest BCUT2D eigenvalue weighted by Gasteiger charge is -2.27. The minimum atomic E-state index is -0.478. The number of hydrogen-bond acceptors (Lipinski definition) is 3. The Morgan fingerprint density at radius 2 is 2.08 bits per heavy atom. The molecule has 130 valence electrons. The molecule has 0 radical (unpaired) electrons. The molecule has 0 saturated heterocycles. The van der Waals surface area contributed by atoms with Crippen LogP contribution in [0.25, 0.3) is 0 Å². The molecule has 0 saturated carbocycles. The van der Waals surface area contributed by atoms with Crippen LogP contribution in [0, 0.1) is 0 Å². The van der Waals surface area contributed by atoms with Crippen LogP contribution in [-0.2, 0) is 11.2 Å². The van der Waals surface area contributed by atoms with Crippen molar-refractivity contribution in [1.82, 2.24) is 5.32 Å². The normalized spacial score (nSPS) is 15.8. The van der Waals surface area contributed by atoms with Crippen LogP contribution in [0.1, 0.15) is 40.4 Å². The number of carbonyl (C=O) groups excluding carboxylic acids is 1. The third-order valence-electron chi connectivity index (χ3n) is 4.30. The largest absolute Gasteiger partial charge is 0.465 e. The van der Waals surface area contributed by atoms with Gasteiger partial charge in [-0.25, -0.2) is 4.79 Å². The van der Waals surface area contributed by atoms with Gasteiger partial charge in [-0.15, -0.1) is 0 Å². The molecule has 0 bridgehead atoms. The average molecular weight is 375 g/mol. The number of thiocarbonyl (C=S) groups is 1. The second-order valence-electron chi connectivity index (χ2n) is 5.93. The minimum Gasteiger partial charge on any atom is -0.465 e. The average Bonchev–Trinajstić information content (AvgIpc) is 2.63. The maximum Gasteiger partial charge on any atom is 0.339 e. The second kappa shape index (κ2) is 7.85. The molecule has 0 heterocycles. The number of ether oxygens (including phenoxy) is 1. The first kappa shape index (κ1) is 17.7. The monoisotopic (exact) mass is 374 g/mol. The van der Waals surface area contributed by atoms with Crippen LogP contribution in [0.4, 0.5) is 5.69 Å². The fraction of sp³-hybridized carbons (Fsp3) is 0.263. The summed E-state index contributed by atoms with van der Waals surface area (Å²) in [5.41, 5.74) is 3.66. The quantitative estimate of drug-likeness (QED) is 0.612. The van der Waals surface area contributed by atoms with Crippen LogP contribution in [0.5, 0.6) is 0 Å². The molecule has 2 N–H and O–H groups in total. The van der Waals surface area contributed by atoms with E-state index in [-0.39, 0.29) is 6.04 Å². The van der Waals surface area contributed by atoms with Gasteiger partial charge in [0.2, 0.25) is 0 Å². The van der Waals surface area contributed by atoms with E-state index in [0.29, 0.717) is 21.4 Å². The van der Waals surface area contributed by atoms with Gasteiger partial charge in [0.25, 0.3) is 0 Å². The predicted octanol–water partition coefficient (Wildman–Crippen LogP) is 4.49. The first-order valence-electron chi connectivity index (χ1n) is 8.11. The molecule has 2 aromatic carbocycles. The molecule has 0 aromatic heterocycles. The van der Waals surface area contributed by atoms with Crippen LogP contribution in [0.2, 0.25) is 5.02 Å². The molecule has 0 amide bonds. The Balaban J connectivity index is 1.71. The van der Waals surface area contributed by atoms with Crippen molar-refractivity contribution in [1.29, 1.82) is 0 Å². The number of hydrogen-bond donors (Lipinski definition) is 2. The molecular weight excluding hydrogens is 356 g/mol. The number of halogens is 1. The zero-order valence-corrected chi connectivity index (χ0v) is 15.4. The van der Waals surface area contributed by atoms with E-state index in [1.165, 1.54) is 18.2 Å². The highest BCUT2D eigenvalue weighted by molar-refractivity contribution is 7.80. The van der Waals surface area contributed by atoms with Gasteiger partial charge in [0.05, 0.1) is 23.7 Å². The maximum absolute atomic E-state index is 11.7. The third-order valence-corrected chi connectivity index (χ3v) is 4.85. The Morgan fingerprint density at radius 1 is 1.28 bits per heavy atom. The van der Waals surface area contributed by atoms with E-state index in [2.05, 4.69) is 34.9 Å². The molecule has 0 spiro atoms. The summed E-state index contributed by atoms with van der Waals surface area (Å²) < 4.78 is 4.74. The van der Waals surface area contributed by atoms with E-state index in [9.17, 15) is 4.79 Å². The number of fused-ring (bicyclic) bond motifs is 1. The van der Waals surface area contributed by atoms with E-state index >= 15 is 0 Å². The van der Waals surface area contributed by atoms with Crippen molar-refractivity contribution in [2.45, 2.75) is 25.3 Å². The number of esters is 1. The van der Waals surface area contributed by atoms with Crippen molar-refractivity contribution in [3.63, 3.8) is 0 Å². The van der Waals surface area contributed by atoms with Crippen molar-refractivity contribution in [3.05, 3.63) is 64.2 Å². The van der Waals surface area contributed by atoms with Crippen LogP contribution < -0.4 is 10.6 Å². The van der Waals surface area contributed by atoms with Gasteiger partial charge < -0.3 is 15.4 Å². The Kier molecular flexibility index (Phi) is 5.56. The van der Waals surface area contributed by atoms with Crippen molar-refractivity contribution in [2.24, 2.45) is 0 Å². The van der Waals surface area contributed by atoms with Gasteiger partial charge in [-0.05, 0) is 60.8 Å². The lowest BCUT2D eigenvalue weighted by Crippen LogP contribution is -2.34.